The van der Waals surface area contributed by atoms with Gasteiger partial charge in [0.25, 0.3) is 0 Å². The van der Waals surface area contributed by atoms with E-state index in [0.717, 1.165) is 12.2 Å². The lowest BCUT2D eigenvalue weighted by Gasteiger charge is -2.16. The van der Waals surface area contributed by atoms with E-state index in [4.69, 9.17) is 5.73 Å². The fraction of sp³-hybridized carbons (Fsp3) is 0.500. The van der Waals surface area contributed by atoms with E-state index in [1.807, 2.05) is 52.2 Å². The van der Waals surface area contributed by atoms with Crippen LogP contribution in [0.2, 0.25) is 0 Å². The molecule has 0 spiro atoms. The summed E-state index contributed by atoms with van der Waals surface area (Å²) in [4.78, 5) is 13.9. The van der Waals surface area contributed by atoms with E-state index < -0.39 is 0 Å². The Labute approximate surface area is 109 Å². The van der Waals surface area contributed by atoms with Crippen LogP contribution in [0.5, 0.6) is 0 Å². The molecular weight excluding hydrogens is 226 g/mol. The Kier molecular flexibility index (Phi) is 5.31. The molecule has 0 aliphatic heterocycles. The van der Waals surface area contributed by atoms with Gasteiger partial charge in [0.2, 0.25) is 5.91 Å². The normalized spacial score (nSPS) is 14.3. The number of benzene rings is 1. The molecule has 0 heterocycles. The van der Waals surface area contributed by atoms with Crippen molar-refractivity contribution in [2.45, 2.75) is 26.4 Å². The number of nitrogens with zero attached hydrogens (tertiary/aromatic N) is 1. The maximum Gasteiger partial charge on any atom is 0.228 e. The fourth-order valence-corrected chi connectivity index (χ4v) is 1.55. The number of nitrogens with two attached hydrogens (primary N) is 1. The Morgan fingerprint density at radius 1 is 1.28 bits per heavy atom. The summed E-state index contributed by atoms with van der Waals surface area (Å²) in [6.07, 6.45) is 0. The number of amides is 1. The molecule has 0 saturated carbocycles. The maximum atomic E-state index is 11.8. The average Bonchev–Trinajstić information content (AvgIpc) is 2.29. The Balaban J connectivity index is 2.61. The molecule has 1 aromatic carbocycles. The van der Waals surface area contributed by atoms with Crippen molar-refractivity contribution in [3.8, 4) is 0 Å². The fourth-order valence-electron chi connectivity index (χ4n) is 1.55. The van der Waals surface area contributed by atoms with Crippen molar-refractivity contribution in [3.05, 3.63) is 29.8 Å². The Bertz CT molecular complexity index is 385. The van der Waals surface area contributed by atoms with Gasteiger partial charge in [0.05, 0.1) is 5.92 Å². The van der Waals surface area contributed by atoms with Crippen molar-refractivity contribution in [1.82, 2.24) is 4.90 Å². The largest absolute Gasteiger partial charge is 0.327 e. The Morgan fingerprint density at radius 3 is 2.28 bits per heavy atom. The molecule has 100 valence electrons. The molecular formula is C14H23N3O. The summed E-state index contributed by atoms with van der Waals surface area (Å²) >= 11 is 0. The summed E-state index contributed by atoms with van der Waals surface area (Å²) in [5, 5.41) is 2.87. The molecule has 18 heavy (non-hydrogen) atoms. The van der Waals surface area contributed by atoms with Crippen LogP contribution in [0.3, 0.4) is 0 Å². The molecule has 2 unspecified atom stereocenters. The minimum atomic E-state index is -0.188. The highest BCUT2D eigenvalue weighted by Crippen LogP contribution is 2.12. The SMILES string of the molecule is CC(N)C(C)C(=O)Nc1ccc(CN(C)C)cc1. The number of carbonyl (C=O) groups is 1. The summed E-state index contributed by atoms with van der Waals surface area (Å²) in [7, 11) is 4.06. The monoisotopic (exact) mass is 249 g/mol. The van der Waals surface area contributed by atoms with Crippen LogP contribution in [0.25, 0.3) is 0 Å². The maximum absolute atomic E-state index is 11.8. The molecule has 0 bridgehead atoms. The van der Waals surface area contributed by atoms with E-state index in [2.05, 4.69) is 10.2 Å². The average molecular weight is 249 g/mol. The first kappa shape index (κ1) is 14.7. The van der Waals surface area contributed by atoms with Gasteiger partial charge < -0.3 is 16.0 Å². The zero-order chi connectivity index (χ0) is 13.7. The predicted molar refractivity (Wildman–Crippen MR) is 75.3 cm³/mol. The first-order chi connectivity index (χ1) is 8.40. The molecule has 0 aliphatic rings. The van der Waals surface area contributed by atoms with Crippen molar-refractivity contribution in [2.75, 3.05) is 19.4 Å². The quantitative estimate of drug-likeness (QED) is 0.834. The van der Waals surface area contributed by atoms with Gasteiger partial charge in [-0.3, -0.25) is 4.79 Å². The van der Waals surface area contributed by atoms with Gasteiger partial charge in [-0.15, -0.1) is 0 Å². The molecule has 0 aliphatic carbocycles. The van der Waals surface area contributed by atoms with Gasteiger partial charge in [0, 0.05) is 18.3 Å². The minimum absolute atomic E-state index is 0.0367. The van der Waals surface area contributed by atoms with Crippen LogP contribution < -0.4 is 11.1 Å². The summed E-state index contributed by atoms with van der Waals surface area (Å²) in [6.45, 7) is 4.56. The van der Waals surface area contributed by atoms with Crippen LogP contribution >= 0.6 is 0 Å². The highest BCUT2D eigenvalue weighted by Gasteiger charge is 2.16. The van der Waals surface area contributed by atoms with Gasteiger partial charge in [0.1, 0.15) is 0 Å². The Morgan fingerprint density at radius 2 is 1.83 bits per heavy atom. The zero-order valence-electron chi connectivity index (χ0n) is 11.6. The molecule has 4 nitrogen and oxygen atoms in total. The standard InChI is InChI=1S/C14H23N3O/c1-10(11(2)15)14(18)16-13-7-5-12(6-8-13)9-17(3)4/h5-8,10-11H,9,15H2,1-4H3,(H,16,18). The third-order valence-corrected chi connectivity index (χ3v) is 2.92. The van der Waals surface area contributed by atoms with Crippen molar-refractivity contribution in [3.63, 3.8) is 0 Å². The smallest absolute Gasteiger partial charge is 0.228 e. The number of hydrogen-bond acceptors (Lipinski definition) is 3. The lowest BCUT2D eigenvalue weighted by atomic mass is 10.0. The molecule has 1 rings (SSSR count). The topological polar surface area (TPSA) is 58.4 Å². The van der Waals surface area contributed by atoms with Crippen molar-refractivity contribution >= 4 is 11.6 Å². The van der Waals surface area contributed by atoms with Gasteiger partial charge >= 0.3 is 0 Å². The van der Waals surface area contributed by atoms with Gasteiger partial charge in [-0.2, -0.15) is 0 Å². The summed E-state index contributed by atoms with van der Waals surface area (Å²) in [5.74, 6) is -0.225. The molecule has 4 heteroatoms. The van der Waals surface area contributed by atoms with Crippen LogP contribution in [0, 0.1) is 5.92 Å². The van der Waals surface area contributed by atoms with Crippen LogP contribution in [-0.2, 0) is 11.3 Å². The zero-order valence-corrected chi connectivity index (χ0v) is 11.6. The molecule has 2 atom stereocenters. The van der Waals surface area contributed by atoms with Gasteiger partial charge in [-0.1, -0.05) is 19.1 Å². The molecule has 0 saturated heterocycles. The molecule has 1 amide bonds. The molecule has 0 fully saturated rings. The minimum Gasteiger partial charge on any atom is -0.327 e. The van der Waals surface area contributed by atoms with Crippen molar-refractivity contribution in [1.29, 1.82) is 0 Å². The lowest BCUT2D eigenvalue weighted by Crippen LogP contribution is -2.34. The second-order valence-electron chi connectivity index (χ2n) is 5.07. The number of anilines is 1. The van der Waals surface area contributed by atoms with Crippen LogP contribution in [0.4, 0.5) is 5.69 Å². The number of nitrogens with one attached hydrogen (secondary N) is 1. The van der Waals surface area contributed by atoms with E-state index >= 15 is 0 Å². The summed E-state index contributed by atoms with van der Waals surface area (Å²) < 4.78 is 0. The number of carbonyl (C=O) groups excluding carboxylic acids is 1. The van der Waals surface area contributed by atoms with Crippen LogP contribution in [0.15, 0.2) is 24.3 Å². The van der Waals surface area contributed by atoms with Gasteiger partial charge in [-0.25, -0.2) is 0 Å². The third kappa shape index (κ3) is 4.47. The lowest BCUT2D eigenvalue weighted by molar-refractivity contribution is -0.119. The highest BCUT2D eigenvalue weighted by atomic mass is 16.1. The van der Waals surface area contributed by atoms with Crippen LogP contribution in [0.1, 0.15) is 19.4 Å². The van der Waals surface area contributed by atoms with Gasteiger partial charge in [0.15, 0.2) is 0 Å². The molecule has 3 N–H and O–H groups in total. The second-order valence-corrected chi connectivity index (χ2v) is 5.07. The second kappa shape index (κ2) is 6.52. The first-order valence-corrected chi connectivity index (χ1v) is 6.20. The third-order valence-electron chi connectivity index (χ3n) is 2.92. The highest BCUT2D eigenvalue weighted by molar-refractivity contribution is 5.92. The van der Waals surface area contributed by atoms with Crippen molar-refractivity contribution < 1.29 is 4.79 Å². The predicted octanol–water partition coefficient (Wildman–Crippen LogP) is 1.67. The van der Waals surface area contributed by atoms with E-state index in [0.29, 0.717) is 0 Å². The summed E-state index contributed by atoms with van der Waals surface area (Å²) in [6, 6.07) is 7.74. The van der Waals surface area contributed by atoms with E-state index in [1.54, 1.807) is 0 Å². The number of rotatable bonds is 5. The molecule has 0 aromatic heterocycles. The van der Waals surface area contributed by atoms with Crippen molar-refractivity contribution in [2.24, 2.45) is 11.7 Å². The summed E-state index contributed by atoms with van der Waals surface area (Å²) in [5.41, 5.74) is 7.74. The Hall–Kier alpha value is -1.39. The molecule has 1 aromatic rings. The van der Waals surface area contributed by atoms with Gasteiger partial charge in [-0.05, 0) is 38.7 Å². The number of hydrogen-bond donors (Lipinski definition) is 2. The van der Waals surface area contributed by atoms with Crippen LogP contribution in [-0.4, -0.2) is 30.9 Å². The molecule has 0 radical (unpaired) electrons. The van der Waals surface area contributed by atoms with E-state index in [1.165, 1.54) is 5.56 Å². The first-order valence-electron chi connectivity index (χ1n) is 6.20. The van der Waals surface area contributed by atoms with E-state index in [9.17, 15) is 4.79 Å². The van der Waals surface area contributed by atoms with E-state index in [-0.39, 0.29) is 17.9 Å².